The molecule has 0 bridgehead atoms. The predicted molar refractivity (Wildman–Crippen MR) is 55.9 cm³/mol. The maximum Gasteiger partial charge on any atom is 0.102 e. The van der Waals surface area contributed by atoms with Crippen molar-refractivity contribution in [3.8, 4) is 0 Å². The molecule has 2 nitrogen and oxygen atoms in total. The van der Waals surface area contributed by atoms with E-state index in [4.69, 9.17) is 4.74 Å². The van der Waals surface area contributed by atoms with Crippen LogP contribution in [0.25, 0.3) is 0 Å². The van der Waals surface area contributed by atoms with E-state index in [0.29, 0.717) is 19.2 Å². The Morgan fingerprint density at radius 3 is 2.23 bits per heavy atom. The molecule has 0 aliphatic heterocycles. The van der Waals surface area contributed by atoms with E-state index in [1.807, 2.05) is 27.7 Å². The van der Waals surface area contributed by atoms with Gasteiger partial charge in [0.25, 0.3) is 0 Å². The van der Waals surface area contributed by atoms with Crippen molar-refractivity contribution < 1.29 is 9.13 Å². The van der Waals surface area contributed by atoms with E-state index in [1.165, 1.54) is 0 Å². The van der Waals surface area contributed by atoms with Gasteiger partial charge in [-0.1, -0.05) is 20.8 Å². The van der Waals surface area contributed by atoms with Crippen LogP contribution >= 0.6 is 0 Å². The highest BCUT2D eigenvalue weighted by Crippen LogP contribution is 1.98. The Morgan fingerprint density at radius 1 is 1.38 bits per heavy atom. The smallest absolute Gasteiger partial charge is 0.102 e. The number of methoxy groups -OCH3 is 1. The predicted octanol–water partition coefficient (Wildman–Crippen LogP) is 2.34. The van der Waals surface area contributed by atoms with Crippen LogP contribution in [-0.2, 0) is 4.74 Å². The first kappa shape index (κ1) is 15.3. The number of likely N-dealkylation sites (N-methyl/N-ethyl adjacent to an activating group) is 1. The van der Waals surface area contributed by atoms with Crippen LogP contribution in [0.5, 0.6) is 0 Å². The van der Waals surface area contributed by atoms with Crippen LogP contribution in [0.4, 0.5) is 4.39 Å². The molecule has 3 heteroatoms. The summed E-state index contributed by atoms with van der Waals surface area (Å²) in [6, 6.07) is 0.320. The highest BCUT2D eigenvalue weighted by molar-refractivity contribution is 4.64. The molecular formula is C10H24FNO. The Morgan fingerprint density at radius 2 is 1.92 bits per heavy atom. The SMILES string of the molecule is CC.CCN(CCF)C(C)COC. The summed E-state index contributed by atoms with van der Waals surface area (Å²) in [5.41, 5.74) is 0. The van der Waals surface area contributed by atoms with E-state index < -0.39 is 0 Å². The van der Waals surface area contributed by atoms with Gasteiger partial charge in [-0.05, 0) is 13.5 Å². The monoisotopic (exact) mass is 193 g/mol. The zero-order valence-corrected chi connectivity index (χ0v) is 9.64. The summed E-state index contributed by atoms with van der Waals surface area (Å²) in [7, 11) is 1.67. The molecule has 82 valence electrons. The van der Waals surface area contributed by atoms with Gasteiger partial charge in [-0.2, -0.15) is 0 Å². The second kappa shape index (κ2) is 11.8. The lowest BCUT2D eigenvalue weighted by Crippen LogP contribution is -2.37. The van der Waals surface area contributed by atoms with Crippen molar-refractivity contribution in [2.24, 2.45) is 0 Å². The van der Waals surface area contributed by atoms with E-state index >= 15 is 0 Å². The molecule has 0 fully saturated rings. The van der Waals surface area contributed by atoms with Crippen LogP contribution < -0.4 is 0 Å². The third-order valence-electron chi connectivity index (χ3n) is 1.81. The zero-order chi connectivity index (χ0) is 10.7. The molecule has 0 aliphatic carbocycles. The van der Waals surface area contributed by atoms with Gasteiger partial charge in [-0.15, -0.1) is 0 Å². The number of alkyl halides is 1. The first-order valence-corrected chi connectivity index (χ1v) is 5.05. The number of rotatable bonds is 6. The van der Waals surface area contributed by atoms with Gasteiger partial charge in [0, 0.05) is 19.7 Å². The quantitative estimate of drug-likeness (QED) is 0.642. The number of ether oxygens (including phenoxy) is 1. The molecule has 0 spiro atoms. The summed E-state index contributed by atoms with van der Waals surface area (Å²) in [6.07, 6.45) is 0. The second-order valence-electron chi connectivity index (χ2n) is 2.62. The molecule has 1 unspecified atom stereocenters. The summed E-state index contributed by atoms with van der Waals surface area (Å²) in [5, 5.41) is 0. The van der Waals surface area contributed by atoms with E-state index in [9.17, 15) is 4.39 Å². The third kappa shape index (κ3) is 8.19. The molecule has 0 radical (unpaired) electrons. The number of hydrogen-bond donors (Lipinski definition) is 0. The first-order valence-electron chi connectivity index (χ1n) is 5.05. The fraction of sp³-hybridized carbons (Fsp3) is 1.00. The molecular weight excluding hydrogens is 169 g/mol. The average Bonchev–Trinajstić information content (AvgIpc) is 2.17. The van der Waals surface area contributed by atoms with E-state index in [2.05, 4.69) is 4.90 Å². The van der Waals surface area contributed by atoms with E-state index in [-0.39, 0.29) is 6.67 Å². The Kier molecular flexibility index (Phi) is 14.0. The Hall–Kier alpha value is -0.150. The molecule has 0 saturated heterocycles. The van der Waals surface area contributed by atoms with Crippen molar-refractivity contribution in [3.63, 3.8) is 0 Å². The number of halogens is 1. The Balaban J connectivity index is 0. The maximum atomic E-state index is 11.9. The lowest BCUT2D eigenvalue weighted by molar-refractivity contribution is 0.0983. The lowest BCUT2D eigenvalue weighted by atomic mass is 10.3. The third-order valence-corrected chi connectivity index (χ3v) is 1.81. The van der Waals surface area contributed by atoms with Crippen molar-refractivity contribution in [2.45, 2.75) is 33.7 Å². The molecule has 0 amide bonds. The largest absolute Gasteiger partial charge is 0.383 e. The van der Waals surface area contributed by atoms with Crippen molar-refractivity contribution in [2.75, 3.05) is 33.5 Å². The van der Waals surface area contributed by atoms with Gasteiger partial charge in [0.2, 0.25) is 0 Å². The summed E-state index contributed by atoms with van der Waals surface area (Å²) < 4.78 is 16.9. The van der Waals surface area contributed by atoms with Crippen LogP contribution in [-0.4, -0.2) is 44.4 Å². The van der Waals surface area contributed by atoms with Crippen LogP contribution in [0.1, 0.15) is 27.7 Å². The summed E-state index contributed by atoms with van der Waals surface area (Å²) in [5.74, 6) is 0. The molecule has 0 heterocycles. The van der Waals surface area contributed by atoms with Gasteiger partial charge in [0.05, 0.1) is 6.61 Å². The molecule has 0 saturated carbocycles. The zero-order valence-electron chi connectivity index (χ0n) is 9.64. The minimum Gasteiger partial charge on any atom is -0.383 e. The van der Waals surface area contributed by atoms with Crippen molar-refractivity contribution in [1.29, 1.82) is 0 Å². The first-order chi connectivity index (χ1) is 6.26. The van der Waals surface area contributed by atoms with Crippen LogP contribution in [0.3, 0.4) is 0 Å². The number of hydrogen-bond acceptors (Lipinski definition) is 2. The van der Waals surface area contributed by atoms with Gasteiger partial charge in [0.1, 0.15) is 6.67 Å². The van der Waals surface area contributed by atoms with Crippen molar-refractivity contribution in [1.82, 2.24) is 4.90 Å². The van der Waals surface area contributed by atoms with Crippen LogP contribution in [0, 0.1) is 0 Å². The van der Waals surface area contributed by atoms with Gasteiger partial charge in [-0.3, -0.25) is 4.90 Å². The minimum atomic E-state index is -0.276. The fourth-order valence-corrected chi connectivity index (χ4v) is 1.15. The van der Waals surface area contributed by atoms with Crippen LogP contribution in [0.2, 0.25) is 0 Å². The van der Waals surface area contributed by atoms with Crippen molar-refractivity contribution in [3.05, 3.63) is 0 Å². The fourth-order valence-electron chi connectivity index (χ4n) is 1.15. The average molecular weight is 193 g/mol. The van der Waals surface area contributed by atoms with Crippen LogP contribution in [0.15, 0.2) is 0 Å². The minimum absolute atomic E-state index is 0.276. The molecule has 13 heavy (non-hydrogen) atoms. The maximum absolute atomic E-state index is 11.9. The highest BCUT2D eigenvalue weighted by Gasteiger charge is 2.10. The summed E-state index contributed by atoms with van der Waals surface area (Å²) >= 11 is 0. The molecule has 0 aliphatic rings. The molecule has 1 atom stereocenters. The van der Waals surface area contributed by atoms with E-state index in [0.717, 1.165) is 6.54 Å². The van der Waals surface area contributed by atoms with Gasteiger partial charge < -0.3 is 4.74 Å². The van der Waals surface area contributed by atoms with Gasteiger partial charge in [-0.25, -0.2) is 4.39 Å². The normalized spacial score (nSPS) is 12.2. The lowest BCUT2D eigenvalue weighted by Gasteiger charge is -2.25. The van der Waals surface area contributed by atoms with Gasteiger partial charge >= 0.3 is 0 Å². The summed E-state index contributed by atoms with van der Waals surface area (Å²) in [4.78, 5) is 2.06. The molecule has 0 aromatic rings. The highest BCUT2D eigenvalue weighted by atomic mass is 19.1. The van der Waals surface area contributed by atoms with E-state index in [1.54, 1.807) is 7.11 Å². The van der Waals surface area contributed by atoms with Gasteiger partial charge in [0.15, 0.2) is 0 Å². The topological polar surface area (TPSA) is 12.5 Å². The molecule has 0 aromatic carbocycles. The molecule has 0 aromatic heterocycles. The Labute approximate surface area is 82.1 Å². The molecule has 0 rings (SSSR count). The standard InChI is InChI=1S/C8H18FNO.C2H6/c1-4-10(6-5-9)8(2)7-11-3;1-2/h8H,4-7H2,1-3H3;1-2H3. The Bertz CT molecular complexity index is 91.0. The second-order valence-corrected chi connectivity index (χ2v) is 2.62. The van der Waals surface area contributed by atoms with Crippen molar-refractivity contribution >= 4 is 0 Å². The molecule has 0 N–H and O–H groups in total. The summed E-state index contributed by atoms with van der Waals surface area (Å²) in [6.45, 7) is 9.87. The number of nitrogens with zero attached hydrogens (tertiary/aromatic N) is 1.